The topological polar surface area (TPSA) is 88.3 Å². The molecule has 1 aromatic rings. The van der Waals surface area contributed by atoms with E-state index in [1.807, 2.05) is 6.07 Å². The molecule has 6 nitrogen and oxygen atoms in total. The van der Waals surface area contributed by atoms with Crippen LogP contribution < -0.4 is 11.1 Å². The lowest BCUT2D eigenvalue weighted by molar-refractivity contribution is -0.120. The lowest BCUT2D eigenvalue weighted by Crippen LogP contribution is -2.18. The third kappa shape index (κ3) is 6.02. The number of ketones is 2. The number of pyridine rings is 1. The van der Waals surface area contributed by atoms with Gasteiger partial charge in [-0.2, -0.15) is 0 Å². The molecule has 2 aliphatic heterocycles. The fraction of sp³-hybridized carbons (Fsp3) is 0.611. The Morgan fingerprint density at radius 1 is 1.17 bits per heavy atom. The molecule has 0 aromatic carbocycles. The molecule has 3 heterocycles. The summed E-state index contributed by atoms with van der Waals surface area (Å²) in [6.45, 7) is 3.73. The fourth-order valence-electron chi connectivity index (χ4n) is 2.96. The van der Waals surface area contributed by atoms with Crippen molar-refractivity contribution in [2.75, 3.05) is 39.0 Å². The molecule has 0 radical (unpaired) electrons. The van der Waals surface area contributed by atoms with Crippen LogP contribution >= 0.6 is 0 Å². The molecule has 2 saturated heterocycles. The first kappa shape index (κ1) is 18.5. The maximum Gasteiger partial charge on any atom is 0.141 e. The van der Waals surface area contributed by atoms with Crippen molar-refractivity contribution in [3.63, 3.8) is 0 Å². The molecule has 3 rings (SSSR count). The van der Waals surface area contributed by atoms with Crippen LogP contribution in [0, 0.1) is 0 Å². The molecule has 24 heavy (non-hydrogen) atoms. The van der Waals surface area contributed by atoms with Crippen molar-refractivity contribution in [1.82, 2.24) is 15.2 Å². The Morgan fingerprint density at radius 3 is 2.75 bits per heavy atom. The number of nitrogens with zero attached hydrogens (tertiary/aromatic N) is 2. The highest BCUT2D eigenvalue weighted by Crippen LogP contribution is 2.24. The van der Waals surface area contributed by atoms with Crippen molar-refractivity contribution in [2.45, 2.75) is 38.0 Å². The average molecular weight is 332 g/mol. The van der Waals surface area contributed by atoms with Crippen LogP contribution in [0.3, 0.4) is 0 Å². The average Bonchev–Trinajstić information content (AvgIpc) is 2.91. The molecule has 3 N–H and O–H groups in total. The zero-order valence-corrected chi connectivity index (χ0v) is 14.5. The highest BCUT2D eigenvalue weighted by Gasteiger charge is 2.24. The number of nitrogens with one attached hydrogen (secondary N) is 1. The van der Waals surface area contributed by atoms with Gasteiger partial charge in [0.05, 0.1) is 0 Å². The summed E-state index contributed by atoms with van der Waals surface area (Å²) >= 11 is 0. The molecule has 1 atom stereocenters. The summed E-state index contributed by atoms with van der Waals surface area (Å²) in [7, 11) is 2.05. The maximum atomic E-state index is 12.0. The van der Waals surface area contributed by atoms with E-state index in [0.717, 1.165) is 57.4 Å². The summed E-state index contributed by atoms with van der Waals surface area (Å²) in [5.74, 6) is 1.23. The number of likely N-dealkylation sites (tertiary alicyclic amines) is 1. The van der Waals surface area contributed by atoms with E-state index in [1.165, 1.54) is 0 Å². The van der Waals surface area contributed by atoms with Crippen LogP contribution in [0.5, 0.6) is 0 Å². The summed E-state index contributed by atoms with van der Waals surface area (Å²) < 4.78 is 0. The molecule has 132 valence electrons. The second kappa shape index (κ2) is 9.49. The van der Waals surface area contributed by atoms with Crippen LogP contribution in [0.25, 0.3) is 0 Å². The summed E-state index contributed by atoms with van der Waals surface area (Å²) in [6, 6.07) is 3.67. The van der Waals surface area contributed by atoms with Crippen LogP contribution in [0.15, 0.2) is 18.3 Å². The number of nitrogens with two attached hydrogens (primary N) is 1. The zero-order valence-electron chi connectivity index (χ0n) is 14.5. The minimum absolute atomic E-state index is 0.00181. The fourth-order valence-corrected chi connectivity index (χ4v) is 2.96. The second-order valence-electron chi connectivity index (χ2n) is 6.52. The van der Waals surface area contributed by atoms with E-state index in [-0.39, 0.29) is 5.92 Å². The summed E-state index contributed by atoms with van der Waals surface area (Å²) in [5.41, 5.74) is 6.53. The van der Waals surface area contributed by atoms with E-state index < -0.39 is 0 Å². The number of rotatable bonds is 1. The Labute approximate surface area is 143 Å². The van der Waals surface area contributed by atoms with Crippen molar-refractivity contribution >= 4 is 17.4 Å². The molecule has 1 unspecified atom stereocenters. The Kier molecular flexibility index (Phi) is 7.34. The number of carbonyl (C=O) groups is 2. The lowest BCUT2D eigenvalue weighted by atomic mass is 9.92. The molecular formula is C18H28N4O2. The van der Waals surface area contributed by atoms with Gasteiger partial charge in [0.15, 0.2) is 0 Å². The molecule has 0 aliphatic carbocycles. The van der Waals surface area contributed by atoms with Gasteiger partial charge in [0, 0.05) is 44.5 Å². The Morgan fingerprint density at radius 2 is 2.00 bits per heavy atom. The van der Waals surface area contributed by atoms with Gasteiger partial charge >= 0.3 is 0 Å². The van der Waals surface area contributed by atoms with Crippen LogP contribution in [0.2, 0.25) is 0 Å². The highest BCUT2D eigenvalue weighted by atomic mass is 16.1. The van der Waals surface area contributed by atoms with Gasteiger partial charge in [-0.1, -0.05) is 6.07 Å². The van der Waals surface area contributed by atoms with Crippen LogP contribution in [0.1, 0.15) is 43.6 Å². The summed E-state index contributed by atoms with van der Waals surface area (Å²) in [6.07, 6.45) is 5.78. The van der Waals surface area contributed by atoms with E-state index in [1.54, 1.807) is 12.3 Å². The number of aromatic nitrogens is 1. The molecular weight excluding hydrogens is 304 g/mol. The van der Waals surface area contributed by atoms with E-state index in [9.17, 15) is 9.59 Å². The number of hydrogen-bond donors (Lipinski definition) is 2. The molecule has 6 heteroatoms. The van der Waals surface area contributed by atoms with Crippen molar-refractivity contribution in [1.29, 1.82) is 0 Å². The van der Waals surface area contributed by atoms with Crippen molar-refractivity contribution in [3.05, 3.63) is 23.9 Å². The SMILES string of the molecule is CN1CCC(=O)C(c2ccc(N)nc2)CC1.O=C1CCCNCC1. The van der Waals surface area contributed by atoms with Gasteiger partial charge in [-0.15, -0.1) is 0 Å². The summed E-state index contributed by atoms with van der Waals surface area (Å²) in [4.78, 5) is 28.8. The maximum absolute atomic E-state index is 12.0. The van der Waals surface area contributed by atoms with E-state index in [2.05, 4.69) is 22.2 Å². The Bertz CT molecular complexity index is 534. The molecule has 0 spiro atoms. The van der Waals surface area contributed by atoms with E-state index >= 15 is 0 Å². The monoisotopic (exact) mass is 332 g/mol. The molecule has 1 aromatic heterocycles. The van der Waals surface area contributed by atoms with Gasteiger partial charge in [-0.25, -0.2) is 4.98 Å². The first-order chi connectivity index (χ1) is 11.6. The number of carbonyl (C=O) groups excluding carboxylic acids is 2. The molecule has 0 saturated carbocycles. The minimum atomic E-state index is -0.00181. The number of anilines is 1. The first-order valence-electron chi connectivity index (χ1n) is 8.71. The predicted octanol–water partition coefficient (Wildman–Crippen LogP) is 1.37. The molecule has 0 bridgehead atoms. The van der Waals surface area contributed by atoms with E-state index in [0.29, 0.717) is 23.8 Å². The quantitative estimate of drug-likeness (QED) is 0.807. The standard InChI is InChI=1S/C12H17N3O.C6H11NO/c1-15-6-4-10(11(16)5-7-15)9-2-3-12(13)14-8-9;8-6-2-1-4-7-5-3-6/h2-3,8,10H,4-7H2,1H3,(H2,13,14);7H,1-5H2. The minimum Gasteiger partial charge on any atom is -0.384 e. The van der Waals surface area contributed by atoms with Gasteiger partial charge in [0.2, 0.25) is 0 Å². The number of nitrogen functional groups attached to an aromatic ring is 1. The normalized spacial score (nSPS) is 23.0. The van der Waals surface area contributed by atoms with E-state index in [4.69, 9.17) is 5.73 Å². The summed E-state index contributed by atoms with van der Waals surface area (Å²) in [5, 5.41) is 3.16. The molecule has 2 fully saturated rings. The van der Waals surface area contributed by atoms with Gasteiger partial charge in [-0.3, -0.25) is 9.59 Å². The lowest BCUT2D eigenvalue weighted by Gasteiger charge is -2.13. The third-order valence-electron chi connectivity index (χ3n) is 4.53. The predicted molar refractivity (Wildman–Crippen MR) is 94.9 cm³/mol. The molecule has 2 aliphatic rings. The van der Waals surface area contributed by atoms with Crippen molar-refractivity contribution in [3.8, 4) is 0 Å². The first-order valence-corrected chi connectivity index (χ1v) is 8.71. The Balaban J connectivity index is 0.000000219. The molecule has 0 amide bonds. The number of hydrogen-bond acceptors (Lipinski definition) is 6. The van der Waals surface area contributed by atoms with Gasteiger partial charge < -0.3 is 16.0 Å². The largest absolute Gasteiger partial charge is 0.384 e. The van der Waals surface area contributed by atoms with Crippen molar-refractivity contribution in [2.24, 2.45) is 0 Å². The van der Waals surface area contributed by atoms with Gasteiger partial charge in [0.25, 0.3) is 0 Å². The van der Waals surface area contributed by atoms with Gasteiger partial charge in [-0.05, 0) is 44.6 Å². The second-order valence-corrected chi connectivity index (χ2v) is 6.52. The third-order valence-corrected chi connectivity index (χ3v) is 4.53. The van der Waals surface area contributed by atoms with Gasteiger partial charge in [0.1, 0.15) is 17.4 Å². The Hall–Kier alpha value is -1.79. The van der Waals surface area contributed by atoms with Crippen LogP contribution in [-0.2, 0) is 9.59 Å². The smallest absolute Gasteiger partial charge is 0.141 e. The number of Topliss-reactive ketones (excluding diaryl/α,β-unsaturated/α-hetero) is 2. The van der Waals surface area contributed by atoms with Crippen molar-refractivity contribution < 1.29 is 9.59 Å². The zero-order chi connectivity index (χ0) is 17.4. The highest BCUT2D eigenvalue weighted by molar-refractivity contribution is 5.86. The van der Waals surface area contributed by atoms with Crippen LogP contribution in [0.4, 0.5) is 5.82 Å². The van der Waals surface area contributed by atoms with Crippen LogP contribution in [-0.4, -0.2) is 54.7 Å².